The van der Waals surface area contributed by atoms with Crippen LogP contribution >= 0.6 is 31.9 Å². The van der Waals surface area contributed by atoms with Gasteiger partial charge in [0.1, 0.15) is 5.82 Å². The number of aryl methyl sites for hydroxylation is 1. The van der Waals surface area contributed by atoms with Gasteiger partial charge in [0.25, 0.3) is 5.91 Å². The molecule has 0 aliphatic carbocycles. The Morgan fingerprint density at radius 1 is 1.21 bits per heavy atom. The third-order valence-electron chi connectivity index (χ3n) is 2.52. The van der Waals surface area contributed by atoms with Gasteiger partial charge in [0.05, 0.1) is 11.9 Å². The minimum atomic E-state index is -0.223. The Morgan fingerprint density at radius 2 is 1.84 bits per heavy atom. The summed E-state index contributed by atoms with van der Waals surface area (Å²) in [7, 11) is 0. The lowest BCUT2D eigenvalue weighted by molar-refractivity contribution is 0.102. The van der Waals surface area contributed by atoms with Gasteiger partial charge >= 0.3 is 0 Å². The summed E-state index contributed by atoms with van der Waals surface area (Å²) in [6.07, 6.45) is 1.53. The van der Waals surface area contributed by atoms with Gasteiger partial charge in [-0.05, 0) is 36.8 Å². The molecule has 6 heteroatoms. The predicted octanol–water partition coefficient (Wildman–Crippen LogP) is 3.75. The molecule has 0 saturated carbocycles. The van der Waals surface area contributed by atoms with Gasteiger partial charge in [-0.25, -0.2) is 4.98 Å². The zero-order chi connectivity index (χ0) is 14.0. The second-order valence-corrected chi connectivity index (χ2v) is 5.87. The Morgan fingerprint density at radius 3 is 2.42 bits per heavy atom. The van der Waals surface area contributed by atoms with E-state index in [1.807, 2.05) is 13.0 Å². The van der Waals surface area contributed by atoms with Crippen molar-refractivity contribution in [2.75, 3.05) is 11.1 Å². The molecule has 19 heavy (non-hydrogen) atoms. The molecule has 2 rings (SSSR count). The van der Waals surface area contributed by atoms with Crippen LogP contribution in [0.5, 0.6) is 0 Å². The van der Waals surface area contributed by atoms with E-state index in [4.69, 9.17) is 5.73 Å². The molecule has 98 valence electrons. The van der Waals surface area contributed by atoms with Gasteiger partial charge < -0.3 is 11.1 Å². The van der Waals surface area contributed by atoms with Gasteiger partial charge in [0.15, 0.2) is 0 Å². The number of aromatic nitrogens is 1. The van der Waals surface area contributed by atoms with Crippen molar-refractivity contribution in [1.82, 2.24) is 4.98 Å². The van der Waals surface area contributed by atoms with E-state index in [0.29, 0.717) is 17.1 Å². The van der Waals surface area contributed by atoms with Crippen LogP contribution < -0.4 is 11.1 Å². The number of nitrogen functional groups attached to an aromatic ring is 1. The molecule has 1 aromatic carbocycles. The van der Waals surface area contributed by atoms with E-state index >= 15 is 0 Å². The van der Waals surface area contributed by atoms with Crippen molar-refractivity contribution in [3.05, 3.63) is 50.5 Å². The van der Waals surface area contributed by atoms with Crippen molar-refractivity contribution in [3.63, 3.8) is 0 Å². The molecule has 0 radical (unpaired) electrons. The molecule has 1 heterocycles. The van der Waals surface area contributed by atoms with Gasteiger partial charge in [-0.2, -0.15) is 0 Å². The third kappa shape index (κ3) is 3.54. The first-order valence-electron chi connectivity index (χ1n) is 5.45. The molecule has 4 nitrogen and oxygen atoms in total. The maximum absolute atomic E-state index is 12.1. The molecule has 2 aromatic rings. The fourth-order valence-electron chi connectivity index (χ4n) is 1.51. The molecular formula is C13H11Br2N3O. The zero-order valence-corrected chi connectivity index (χ0v) is 13.2. The van der Waals surface area contributed by atoms with E-state index in [2.05, 4.69) is 42.2 Å². The average molecular weight is 385 g/mol. The van der Waals surface area contributed by atoms with Crippen molar-refractivity contribution >= 4 is 49.3 Å². The minimum absolute atomic E-state index is 0.223. The second kappa shape index (κ2) is 5.71. The van der Waals surface area contributed by atoms with E-state index < -0.39 is 0 Å². The Hall–Kier alpha value is -1.40. The smallest absolute Gasteiger partial charge is 0.256 e. The summed E-state index contributed by atoms with van der Waals surface area (Å²) in [5, 5.41) is 2.73. The van der Waals surface area contributed by atoms with Gasteiger partial charge in [-0.1, -0.05) is 31.9 Å². The maximum Gasteiger partial charge on any atom is 0.256 e. The fourth-order valence-corrected chi connectivity index (χ4v) is 2.80. The fraction of sp³-hybridized carbons (Fsp3) is 0.0769. The number of anilines is 2. The molecule has 0 fully saturated rings. The van der Waals surface area contributed by atoms with Crippen LogP contribution in [0.3, 0.4) is 0 Å². The Bertz CT molecular complexity index is 624. The van der Waals surface area contributed by atoms with Gasteiger partial charge in [0.2, 0.25) is 0 Å². The number of nitrogens with one attached hydrogen (secondary N) is 1. The summed E-state index contributed by atoms with van der Waals surface area (Å²) in [6, 6.07) is 7.08. The van der Waals surface area contributed by atoms with Crippen LogP contribution in [0.4, 0.5) is 11.5 Å². The molecule has 3 N–H and O–H groups in total. The highest BCUT2D eigenvalue weighted by molar-refractivity contribution is 9.11. The second-order valence-electron chi connectivity index (χ2n) is 4.04. The number of rotatable bonds is 2. The first-order valence-corrected chi connectivity index (χ1v) is 7.04. The standard InChI is InChI=1S/C13H11Br2N3O/c1-7-2-12(17-6-11(7)16)18-13(19)8-3-9(14)5-10(15)4-8/h2-6H,16H2,1H3,(H,17,18,19). The van der Waals surface area contributed by atoms with Gasteiger partial charge in [-0.3, -0.25) is 4.79 Å². The highest BCUT2D eigenvalue weighted by Crippen LogP contribution is 2.21. The number of nitrogens with two attached hydrogens (primary N) is 1. The van der Waals surface area contributed by atoms with Crippen LogP contribution in [0.2, 0.25) is 0 Å². The average Bonchev–Trinajstić information content (AvgIpc) is 2.32. The molecule has 0 aliphatic heterocycles. The first-order chi connectivity index (χ1) is 8.95. The van der Waals surface area contributed by atoms with E-state index in [9.17, 15) is 4.79 Å². The van der Waals surface area contributed by atoms with Crippen LogP contribution in [0.1, 0.15) is 15.9 Å². The number of nitrogens with zero attached hydrogens (tertiary/aromatic N) is 1. The van der Waals surface area contributed by atoms with Crippen LogP contribution in [0.25, 0.3) is 0 Å². The van der Waals surface area contributed by atoms with Crippen LogP contribution in [0, 0.1) is 6.92 Å². The summed E-state index contributed by atoms with van der Waals surface area (Å²) in [4.78, 5) is 16.2. The molecular weight excluding hydrogens is 374 g/mol. The summed E-state index contributed by atoms with van der Waals surface area (Å²) < 4.78 is 1.65. The molecule has 0 saturated heterocycles. The molecule has 1 amide bonds. The molecule has 0 spiro atoms. The summed E-state index contributed by atoms with van der Waals surface area (Å²) >= 11 is 6.69. The van der Waals surface area contributed by atoms with E-state index in [1.165, 1.54) is 6.20 Å². The number of benzene rings is 1. The highest BCUT2D eigenvalue weighted by Gasteiger charge is 2.09. The summed E-state index contributed by atoms with van der Waals surface area (Å²) in [6.45, 7) is 1.86. The highest BCUT2D eigenvalue weighted by atomic mass is 79.9. The molecule has 0 bridgehead atoms. The zero-order valence-electron chi connectivity index (χ0n) is 10.1. The van der Waals surface area contributed by atoms with E-state index in [-0.39, 0.29) is 5.91 Å². The lowest BCUT2D eigenvalue weighted by Gasteiger charge is -2.07. The lowest BCUT2D eigenvalue weighted by atomic mass is 10.2. The summed E-state index contributed by atoms with van der Waals surface area (Å²) in [5.41, 5.74) is 7.70. The van der Waals surface area contributed by atoms with Crippen LogP contribution in [-0.2, 0) is 0 Å². The van der Waals surface area contributed by atoms with E-state index in [0.717, 1.165) is 14.5 Å². The lowest BCUT2D eigenvalue weighted by Crippen LogP contribution is -2.13. The largest absolute Gasteiger partial charge is 0.397 e. The van der Waals surface area contributed by atoms with E-state index in [1.54, 1.807) is 18.2 Å². The van der Waals surface area contributed by atoms with Crippen molar-refractivity contribution in [3.8, 4) is 0 Å². The Labute approximate surface area is 127 Å². The van der Waals surface area contributed by atoms with Gasteiger partial charge in [0, 0.05) is 14.5 Å². The Kier molecular flexibility index (Phi) is 4.21. The first kappa shape index (κ1) is 14.0. The Balaban J connectivity index is 2.22. The molecule has 0 atom stereocenters. The number of amides is 1. The van der Waals surface area contributed by atoms with Crippen molar-refractivity contribution in [2.24, 2.45) is 0 Å². The van der Waals surface area contributed by atoms with Gasteiger partial charge in [-0.15, -0.1) is 0 Å². The SMILES string of the molecule is Cc1cc(NC(=O)c2cc(Br)cc(Br)c2)ncc1N. The van der Waals surface area contributed by atoms with Crippen molar-refractivity contribution in [2.45, 2.75) is 6.92 Å². The number of pyridine rings is 1. The normalized spacial score (nSPS) is 10.3. The molecule has 0 aliphatic rings. The van der Waals surface area contributed by atoms with Crippen LogP contribution in [0.15, 0.2) is 39.4 Å². The molecule has 1 aromatic heterocycles. The number of hydrogen-bond acceptors (Lipinski definition) is 3. The monoisotopic (exact) mass is 383 g/mol. The molecule has 0 unspecified atom stereocenters. The number of halogens is 2. The maximum atomic E-state index is 12.1. The number of hydrogen-bond donors (Lipinski definition) is 2. The number of carbonyl (C=O) groups is 1. The van der Waals surface area contributed by atoms with Crippen LogP contribution in [-0.4, -0.2) is 10.9 Å². The topological polar surface area (TPSA) is 68.0 Å². The van der Waals surface area contributed by atoms with Crippen molar-refractivity contribution < 1.29 is 4.79 Å². The van der Waals surface area contributed by atoms with Crippen molar-refractivity contribution in [1.29, 1.82) is 0 Å². The summed E-state index contributed by atoms with van der Waals surface area (Å²) in [5.74, 6) is 0.256. The quantitative estimate of drug-likeness (QED) is 0.828. The third-order valence-corrected chi connectivity index (χ3v) is 3.43. The predicted molar refractivity (Wildman–Crippen MR) is 83.2 cm³/mol. The minimum Gasteiger partial charge on any atom is -0.397 e. The number of carbonyl (C=O) groups excluding carboxylic acids is 1.